The summed E-state index contributed by atoms with van der Waals surface area (Å²) in [6.07, 6.45) is 4.36. The minimum atomic E-state index is -0.445. The average molecular weight is 389 g/mol. The van der Waals surface area contributed by atoms with Crippen molar-refractivity contribution < 1.29 is 9.50 Å². The number of hydrogen-bond acceptors (Lipinski definition) is 3. The normalized spacial score (nSPS) is 23.9. The standard InChI is InChI=1S/C14H17FIN3O/c15-8-6-12-10(7-9(8)16)18-14(17)19(12)11-4-2-1-3-5-13(11)20/h6-7,11,13,20H,1-5H2,(H2,17,18). The van der Waals surface area contributed by atoms with E-state index in [1.54, 1.807) is 6.07 Å². The summed E-state index contributed by atoms with van der Waals surface area (Å²) < 4.78 is 16.2. The number of aliphatic hydroxyl groups excluding tert-OH is 1. The lowest BCUT2D eigenvalue weighted by Gasteiger charge is -2.23. The van der Waals surface area contributed by atoms with Gasteiger partial charge in [0.1, 0.15) is 5.82 Å². The Morgan fingerprint density at radius 3 is 2.85 bits per heavy atom. The van der Waals surface area contributed by atoms with E-state index in [-0.39, 0.29) is 11.9 Å². The summed E-state index contributed by atoms with van der Waals surface area (Å²) in [6, 6.07) is 3.06. The molecule has 108 valence electrons. The fraction of sp³-hybridized carbons (Fsp3) is 0.500. The number of benzene rings is 1. The summed E-state index contributed by atoms with van der Waals surface area (Å²) in [6.45, 7) is 0. The molecule has 0 bridgehead atoms. The Morgan fingerprint density at radius 2 is 2.05 bits per heavy atom. The number of nitrogens with two attached hydrogens (primary N) is 1. The van der Waals surface area contributed by atoms with E-state index < -0.39 is 6.10 Å². The molecule has 2 atom stereocenters. The molecule has 3 N–H and O–H groups in total. The smallest absolute Gasteiger partial charge is 0.201 e. The molecule has 0 spiro atoms. The van der Waals surface area contributed by atoms with Gasteiger partial charge in [0.05, 0.1) is 26.7 Å². The number of rotatable bonds is 1. The fourth-order valence-corrected chi connectivity index (χ4v) is 3.48. The molecule has 1 heterocycles. The molecular weight excluding hydrogens is 372 g/mol. The zero-order valence-electron chi connectivity index (χ0n) is 11.0. The van der Waals surface area contributed by atoms with Gasteiger partial charge in [-0.2, -0.15) is 0 Å². The van der Waals surface area contributed by atoms with Crippen LogP contribution in [0.1, 0.15) is 38.1 Å². The minimum absolute atomic E-state index is 0.109. The third-order valence-electron chi connectivity index (χ3n) is 4.03. The fourth-order valence-electron chi connectivity index (χ4n) is 3.03. The third-order valence-corrected chi connectivity index (χ3v) is 4.86. The molecule has 4 nitrogen and oxygen atoms in total. The van der Waals surface area contributed by atoms with Gasteiger partial charge in [-0.15, -0.1) is 0 Å². The zero-order chi connectivity index (χ0) is 14.3. The van der Waals surface area contributed by atoms with E-state index in [4.69, 9.17) is 5.73 Å². The molecule has 6 heteroatoms. The summed E-state index contributed by atoms with van der Waals surface area (Å²) >= 11 is 1.94. The van der Waals surface area contributed by atoms with E-state index in [9.17, 15) is 9.50 Å². The van der Waals surface area contributed by atoms with Gasteiger partial charge in [-0.1, -0.05) is 19.3 Å². The second-order valence-electron chi connectivity index (χ2n) is 5.37. The summed E-state index contributed by atoms with van der Waals surface area (Å²) in [5.41, 5.74) is 7.37. The topological polar surface area (TPSA) is 64.1 Å². The van der Waals surface area contributed by atoms with Crippen molar-refractivity contribution in [2.45, 2.75) is 44.2 Å². The monoisotopic (exact) mass is 389 g/mol. The SMILES string of the molecule is Nc1nc2cc(I)c(F)cc2n1C1CCCCCC1O. The maximum Gasteiger partial charge on any atom is 0.201 e. The van der Waals surface area contributed by atoms with Crippen LogP contribution < -0.4 is 5.73 Å². The van der Waals surface area contributed by atoms with E-state index in [1.807, 2.05) is 27.2 Å². The number of anilines is 1. The number of aromatic nitrogens is 2. The van der Waals surface area contributed by atoms with Crippen LogP contribution in [-0.2, 0) is 0 Å². The maximum absolute atomic E-state index is 13.8. The van der Waals surface area contributed by atoms with Gasteiger partial charge < -0.3 is 15.4 Å². The second kappa shape index (κ2) is 5.48. The van der Waals surface area contributed by atoms with Crippen molar-refractivity contribution in [2.75, 3.05) is 5.73 Å². The lowest BCUT2D eigenvalue weighted by molar-refractivity contribution is 0.108. The maximum atomic E-state index is 13.8. The number of halogens is 2. The molecule has 0 radical (unpaired) electrons. The molecule has 1 aliphatic carbocycles. The number of nitrogen functional groups attached to an aromatic ring is 1. The van der Waals surface area contributed by atoms with E-state index in [2.05, 4.69) is 4.98 Å². The molecule has 1 saturated carbocycles. The molecule has 3 rings (SSSR count). The molecule has 0 amide bonds. The van der Waals surface area contributed by atoms with Crippen LogP contribution in [0, 0.1) is 9.39 Å². The van der Waals surface area contributed by atoms with E-state index >= 15 is 0 Å². The Labute approximate surface area is 130 Å². The average Bonchev–Trinajstić information content (AvgIpc) is 2.58. The van der Waals surface area contributed by atoms with Crippen molar-refractivity contribution in [3.63, 3.8) is 0 Å². The predicted octanol–water partition coefficient (Wildman–Crippen LogP) is 3.23. The Bertz CT molecular complexity index is 643. The van der Waals surface area contributed by atoms with Gasteiger partial charge in [-0.25, -0.2) is 9.37 Å². The molecule has 20 heavy (non-hydrogen) atoms. The van der Waals surface area contributed by atoms with Gasteiger partial charge in [0.2, 0.25) is 5.95 Å². The van der Waals surface area contributed by atoms with Crippen LogP contribution >= 0.6 is 22.6 Å². The molecule has 0 aliphatic heterocycles. The van der Waals surface area contributed by atoms with Gasteiger partial charge in [-0.3, -0.25) is 0 Å². The summed E-state index contributed by atoms with van der Waals surface area (Å²) in [4.78, 5) is 4.31. The molecule has 2 aromatic rings. The number of nitrogens with zero attached hydrogens (tertiary/aromatic N) is 2. The molecule has 1 aromatic heterocycles. The largest absolute Gasteiger partial charge is 0.391 e. The van der Waals surface area contributed by atoms with Crippen LogP contribution in [0.5, 0.6) is 0 Å². The highest BCUT2D eigenvalue weighted by atomic mass is 127. The van der Waals surface area contributed by atoms with Gasteiger partial charge >= 0.3 is 0 Å². The van der Waals surface area contributed by atoms with Gasteiger partial charge in [0.25, 0.3) is 0 Å². The van der Waals surface area contributed by atoms with E-state index in [1.165, 1.54) is 6.07 Å². The Morgan fingerprint density at radius 1 is 1.30 bits per heavy atom. The first-order valence-corrected chi connectivity index (χ1v) is 7.96. The van der Waals surface area contributed by atoms with Crippen LogP contribution in [0.25, 0.3) is 11.0 Å². The van der Waals surface area contributed by atoms with E-state index in [0.717, 1.165) is 32.1 Å². The molecule has 1 aliphatic rings. The Kier molecular flexibility index (Phi) is 3.85. The predicted molar refractivity (Wildman–Crippen MR) is 84.9 cm³/mol. The van der Waals surface area contributed by atoms with Crippen molar-refractivity contribution >= 4 is 39.6 Å². The summed E-state index contributed by atoms with van der Waals surface area (Å²) in [5.74, 6) is 0.0784. The van der Waals surface area contributed by atoms with Crippen LogP contribution in [0.2, 0.25) is 0 Å². The van der Waals surface area contributed by atoms with Gasteiger partial charge in [0, 0.05) is 6.07 Å². The second-order valence-corrected chi connectivity index (χ2v) is 6.53. The number of hydrogen-bond donors (Lipinski definition) is 2. The van der Waals surface area contributed by atoms with Crippen LogP contribution in [0.4, 0.5) is 10.3 Å². The number of fused-ring (bicyclic) bond motifs is 1. The van der Waals surface area contributed by atoms with E-state index in [0.29, 0.717) is 20.6 Å². The molecule has 0 saturated heterocycles. The lowest BCUT2D eigenvalue weighted by Crippen LogP contribution is -2.24. The zero-order valence-corrected chi connectivity index (χ0v) is 13.2. The lowest BCUT2D eigenvalue weighted by atomic mass is 10.1. The first-order chi connectivity index (χ1) is 9.58. The molecular formula is C14H17FIN3O. The highest BCUT2D eigenvalue weighted by molar-refractivity contribution is 14.1. The quantitative estimate of drug-likeness (QED) is 0.582. The first-order valence-electron chi connectivity index (χ1n) is 6.88. The van der Waals surface area contributed by atoms with Crippen molar-refractivity contribution in [3.05, 3.63) is 21.5 Å². The van der Waals surface area contributed by atoms with Gasteiger partial charge in [-0.05, 0) is 41.5 Å². The summed E-state index contributed by atoms with van der Waals surface area (Å²) in [7, 11) is 0. The Hall–Kier alpha value is -0.890. The van der Waals surface area contributed by atoms with Crippen molar-refractivity contribution in [1.29, 1.82) is 0 Å². The van der Waals surface area contributed by atoms with Crippen molar-refractivity contribution in [1.82, 2.24) is 9.55 Å². The van der Waals surface area contributed by atoms with Crippen LogP contribution in [-0.4, -0.2) is 20.8 Å². The van der Waals surface area contributed by atoms with Crippen molar-refractivity contribution in [2.24, 2.45) is 0 Å². The first kappa shape index (κ1) is 14.1. The molecule has 1 fully saturated rings. The molecule has 1 aromatic carbocycles. The summed E-state index contributed by atoms with van der Waals surface area (Å²) in [5, 5.41) is 10.3. The van der Waals surface area contributed by atoms with Gasteiger partial charge in [0.15, 0.2) is 0 Å². The minimum Gasteiger partial charge on any atom is -0.391 e. The third kappa shape index (κ3) is 2.39. The Balaban J connectivity index is 2.14. The number of aliphatic hydroxyl groups is 1. The molecule has 2 unspecified atom stereocenters. The van der Waals surface area contributed by atoms with Crippen molar-refractivity contribution in [3.8, 4) is 0 Å². The number of imidazole rings is 1. The highest BCUT2D eigenvalue weighted by Gasteiger charge is 2.27. The van der Waals surface area contributed by atoms with Crippen LogP contribution in [0.15, 0.2) is 12.1 Å². The van der Waals surface area contributed by atoms with Crippen LogP contribution in [0.3, 0.4) is 0 Å². The highest BCUT2D eigenvalue weighted by Crippen LogP contribution is 2.33.